The molecule has 1 unspecified atom stereocenters. The van der Waals surface area contributed by atoms with Crippen molar-refractivity contribution in [3.8, 4) is 0 Å². The summed E-state index contributed by atoms with van der Waals surface area (Å²) in [6.07, 6.45) is 2.74. The van der Waals surface area contributed by atoms with Crippen molar-refractivity contribution in [2.24, 2.45) is 0 Å². The van der Waals surface area contributed by atoms with Gasteiger partial charge in [0, 0.05) is 12.6 Å². The van der Waals surface area contributed by atoms with E-state index in [1.807, 2.05) is 4.90 Å². The molecule has 6 heteroatoms. The summed E-state index contributed by atoms with van der Waals surface area (Å²) in [4.78, 5) is 1.90. The Balaban J connectivity index is 2.61. The predicted octanol–water partition coefficient (Wildman–Crippen LogP) is 1.11. The maximum atomic E-state index is 11.3. The molecule has 1 heterocycles. The molecule has 1 saturated heterocycles. The van der Waals surface area contributed by atoms with E-state index < -0.39 is 9.84 Å². The Morgan fingerprint density at radius 2 is 2.27 bits per heavy atom. The van der Waals surface area contributed by atoms with Crippen LogP contribution in [0.1, 0.15) is 26.2 Å². The molecule has 1 aliphatic heterocycles. The molecule has 0 spiro atoms. The van der Waals surface area contributed by atoms with Crippen LogP contribution in [0.3, 0.4) is 0 Å². The Kier molecular flexibility index (Phi) is 4.73. The largest absolute Gasteiger partial charge is 0.411 e. The highest BCUT2D eigenvalue weighted by Crippen LogP contribution is 2.18. The first kappa shape index (κ1) is 13.1. The zero-order chi connectivity index (χ0) is 11.5. The first-order valence-corrected chi connectivity index (χ1v) is 7.78. The molecule has 0 amide bonds. The van der Waals surface area contributed by atoms with Gasteiger partial charge in [-0.15, -0.1) is 0 Å². The summed E-state index contributed by atoms with van der Waals surface area (Å²) in [6.45, 7) is 2.88. The number of unbranched alkanes of at least 4 members (excludes halogenated alkanes) is 1. The molecule has 1 fully saturated rings. The highest BCUT2D eigenvalue weighted by atomic mass is 32.2. The zero-order valence-electron chi connectivity index (χ0n) is 8.81. The van der Waals surface area contributed by atoms with Gasteiger partial charge in [0.15, 0.2) is 9.84 Å². The van der Waals surface area contributed by atoms with Gasteiger partial charge in [0.2, 0.25) is 0 Å². The third kappa shape index (κ3) is 3.85. The monoisotopic (exact) mass is 266 g/mol. The summed E-state index contributed by atoms with van der Waals surface area (Å²) in [5.74, 6) is 0.492. The molecule has 1 aliphatic rings. The second-order valence-corrected chi connectivity index (χ2v) is 7.13. The molecule has 0 N–H and O–H groups in total. The van der Waals surface area contributed by atoms with E-state index in [1.165, 1.54) is 0 Å². The molecule has 1 atom stereocenters. The Labute approximate surface area is 103 Å². The molecule has 88 valence electrons. The molecule has 0 aliphatic carbocycles. The first-order chi connectivity index (χ1) is 6.96. The van der Waals surface area contributed by atoms with Crippen LogP contribution in [0.4, 0.5) is 0 Å². The van der Waals surface area contributed by atoms with Gasteiger partial charge in [-0.2, -0.15) is 0 Å². The summed E-state index contributed by atoms with van der Waals surface area (Å²) in [6, 6.07) is 0.0200. The van der Waals surface area contributed by atoms with Crippen LogP contribution in [0.15, 0.2) is 0 Å². The summed E-state index contributed by atoms with van der Waals surface area (Å²) in [7, 11) is -2.85. The van der Waals surface area contributed by atoms with Gasteiger partial charge in [0.05, 0.1) is 11.5 Å². The van der Waals surface area contributed by atoms with E-state index in [1.54, 1.807) is 0 Å². The summed E-state index contributed by atoms with van der Waals surface area (Å²) < 4.78 is 23.1. The Morgan fingerprint density at radius 3 is 2.67 bits per heavy atom. The van der Waals surface area contributed by atoms with Gasteiger partial charge < -0.3 is 29.7 Å². The first-order valence-electron chi connectivity index (χ1n) is 5.14. The lowest BCUT2D eigenvalue weighted by molar-refractivity contribution is 0.339. The van der Waals surface area contributed by atoms with Crippen LogP contribution < -0.4 is 0 Å². The summed E-state index contributed by atoms with van der Waals surface area (Å²) in [5, 5.41) is 0. The molecule has 0 aromatic rings. The van der Waals surface area contributed by atoms with Crippen molar-refractivity contribution < 1.29 is 8.42 Å². The third-order valence-corrected chi connectivity index (χ3v) is 4.86. The van der Waals surface area contributed by atoms with E-state index in [2.05, 4.69) is 6.92 Å². The van der Waals surface area contributed by atoms with E-state index in [-0.39, 0.29) is 17.5 Å². The number of hydrogen-bond donors (Lipinski definition) is 0. The number of nitrogens with zero attached hydrogens (tertiary/aromatic N) is 1. The molecule has 3 nitrogen and oxygen atoms in total. The molecular formula is C9H16NO2S3-. The van der Waals surface area contributed by atoms with Crippen LogP contribution in [-0.2, 0) is 22.5 Å². The fourth-order valence-electron chi connectivity index (χ4n) is 1.77. The lowest BCUT2D eigenvalue weighted by Gasteiger charge is -2.33. The van der Waals surface area contributed by atoms with Crippen molar-refractivity contribution in [3.05, 3.63) is 0 Å². The van der Waals surface area contributed by atoms with Gasteiger partial charge >= 0.3 is 0 Å². The zero-order valence-corrected chi connectivity index (χ0v) is 11.3. The predicted molar refractivity (Wildman–Crippen MR) is 68.6 cm³/mol. The van der Waals surface area contributed by atoms with Crippen LogP contribution in [-0.4, -0.2) is 41.7 Å². The second kappa shape index (κ2) is 5.41. The molecule has 1 rings (SSSR count). The van der Waals surface area contributed by atoms with Crippen molar-refractivity contribution in [3.63, 3.8) is 0 Å². The van der Waals surface area contributed by atoms with Crippen LogP contribution in [0.25, 0.3) is 0 Å². The fourth-order valence-corrected chi connectivity index (χ4v) is 3.98. The summed E-state index contributed by atoms with van der Waals surface area (Å²) in [5.41, 5.74) is 0. The second-order valence-electron chi connectivity index (χ2n) is 3.87. The van der Waals surface area contributed by atoms with Gasteiger partial charge in [-0.3, -0.25) is 0 Å². The Hall–Kier alpha value is 0.0600. The minimum atomic E-state index is -2.85. The molecule has 0 aromatic heterocycles. The lowest BCUT2D eigenvalue weighted by Crippen LogP contribution is -2.39. The Morgan fingerprint density at radius 1 is 1.60 bits per heavy atom. The minimum absolute atomic E-state index is 0.0200. The SMILES string of the molecule is CCCCN(C(=S)[S-])C1CCS(=O)(=O)C1. The summed E-state index contributed by atoms with van der Waals surface area (Å²) >= 11 is 9.98. The van der Waals surface area contributed by atoms with E-state index in [4.69, 9.17) is 24.8 Å². The van der Waals surface area contributed by atoms with Gasteiger partial charge in [-0.1, -0.05) is 17.7 Å². The number of hydrogen-bond acceptors (Lipinski definition) is 4. The van der Waals surface area contributed by atoms with Gasteiger partial charge in [0.25, 0.3) is 0 Å². The maximum absolute atomic E-state index is 11.3. The van der Waals surface area contributed by atoms with Crippen molar-refractivity contribution in [2.45, 2.75) is 32.2 Å². The third-order valence-electron chi connectivity index (χ3n) is 2.64. The smallest absolute Gasteiger partial charge is 0.152 e. The van der Waals surface area contributed by atoms with Crippen LogP contribution in [0.2, 0.25) is 0 Å². The van der Waals surface area contributed by atoms with Crippen LogP contribution >= 0.6 is 12.2 Å². The normalized spacial score (nSPS) is 23.9. The highest BCUT2D eigenvalue weighted by Gasteiger charge is 2.30. The van der Waals surface area contributed by atoms with Crippen LogP contribution in [0.5, 0.6) is 0 Å². The lowest BCUT2D eigenvalue weighted by atomic mass is 10.2. The highest BCUT2D eigenvalue weighted by molar-refractivity contribution is 8.00. The minimum Gasteiger partial charge on any atom is -0.411 e. The van der Waals surface area contributed by atoms with E-state index >= 15 is 0 Å². The van der Waals surface area contributed by atoms with E-state index in [0.29, 0.717) is 10.7 Å². The van der Waals surface area contributed by atoms with Crippen molar-refractivity contribution in [1.29, 1.82) is 0 Å². The standard InChI is InChI=1S/C9H17NO2S3/c1-2-3-5-10(9(13)14)8-4-6-15(11,12)7-8/h8H,2-7H2,1H3,(H,13,14)/p-1. The maximum Gasteiger partial charge on any atom is 0.152 e. The van der Waals surface area contributed by atoms with E-state index in [0.717, 1.165) is 19.4 Å². The Bertz CT molecular complexity index is 326. The topological polar surface area (TPSA) is 37.4 Å². The average molecular weight is 266 g/mol. The quantitative estimate of drug-likeness (QED) is 0.563. The van der Waals surface area contributed by atoms with Crippen molar-refractivity contribution in [2.75, 3.05) is 18.1 Å². The molecule has 0 aromatic carbocycles. The van der Waals surface area contributed by atoms with E-state index in [9.17, 15) is 8.42 Å². The van der Waals surface area contributed by atoms with Gasteiger partial charge in [-0.05, 0) is 12.8 Å². The van der Waals surface area contributed by atoms with Crippen molar-refractivity contribution >= 4 is 39.0 Å². The fraction of sp³-hybridized carbons (Fsp3) is 0.889. The molecular weight excluding hydrogens is 250 g/mol. The number of rotatable bonds is 4. The van der Waals surface area contributed by atoms with Gasteiger partial charge in [-0.25, -0.2) is 8.42 Å². The molecule has 0 radical (unpaired) electrons. The molecule has 0 saturated carbocycles. The average Bonchev–Trinajstić information content (AvgIpc) is 2.46. The van der Waals surface area contributed by atoms with Crippen molar-refractivity contribution in [1.82, 2.24) is 4.90 Å². The van der Waals surface area contributed by atoms with Gasteiger partial charge in [0.1, 0.15) is 0 Å². The van der Waals surface area contributed by atoms with Crippen LogP contribution in [0, 0.1) is 0 Å². The molecule has 0 bridgehead atoms. The number of sulfone groups is 1. The molecule has 15 heavy (non-hydrogen) atoms. The number of thiocarbonyl (C=S) groups is 1.